The van der Waals surface area contributed by atoms with Gasteiger partial charge in [0.2, 0.25) is 0 Å². The van der Waals surface area contributed by atoms with Gasteiger partial charge >= 0.3 is 10.4 Å². The van der Waals surface area contributed by atoms with Gasteiger partial charge in [-0.3, -0.25) is 17.9 Å². The molecule has 0 radical (unpaired) electrons. The third kappa shape index (κ3) is 10.4. The Labute approximate surface area is 335 Å². The molecule has 308 valence electrons. The van der Waals surface area contributed by atoms with Crippen molar-refractivity contribution in [3.8, 4) is 23.0 Å². The molecule has 1 aliphatic carbocycles. The maximum absolute atomic E-state index is 13.7. The summed E-state index contributed by atoms with van der Waals surface area (Å²) < 4.78 is 121. The number of anilines is 3. The van der Waals surface area contributed by atoms with Gasteiger partial charge in [-0.25, -0.2) is 36.5 Å². The lowest BCUT2D eigenvalue weighted by atomic mass is 10.1. The van der Waals surface area contributed by atoms with Crippen LogP contribution < -0.4 is 20.7 Å². The van der Waals surface area contributed by atoms with E-state index in [4.69, 9.17) is 55.8 Å². The molecule has 0 unspecified atom stereocenters. The SMILES string of the molecule is CCCNc1ccc2c(c1S(=O)(=O)CCOSOOO)Oc1c(c(Cl)c3oc4c(S(=O)(=O)CCOS(=O)(=O)O)c(=NCCOSOOO)ccc-4nc3c1Cl)N2. The van der Waals surface area contributed by atoms with E-state index in [-0.39, 0.29) is 109 Å². The van der Waals surface area contributed by atoms with Crippen LogP contribution in [0.3, 0.4) is 0 Å². The van der Waals surface area contributed by atoms with Crippen LogP contribution in [0.5, 0.6) is 11.5 Å². The number of aromatic nitrogens is 1. The van der Waals surface area contributed by atoms with E-state index < -0.39 is 59.7 Å². The summed E-state index contributed by atoms with van der Waals surface area (Å²) in [6.45, 7) is 0.555. The number of sulfone groups is 2. The van der Waals surface area contributed by atoms with E-state index in [1.54, 1.807) is 0 Å². The summed E-state index contributed by atoms with van der Waals surface area (Å²) in [5.41, 5.74) is -0.143. The maximum atomic E-state index is 13.7. The maximum Gasteiger partial charge on any atom is 0.397 e. The summed E-state index contributed by atoms with van der Waals surface area (Å²) in [5.74, 6) is -2.23. The van der Waals surface area contributed by atoms with E-state index >= 15 is 0 Å². The van der Waals surface area contributed by atoms with Crippen molar-refractivity contribution in [2.24, 2.45) is 4.99 Å². The summed E-state index contributed by atoms with van der Waals surface area (Å²) in [4.78, 5) is 7.91. The van der Waals surface area contributed by atoms with Crippen molar-refractivity contribution >= 4 is 106 Å². The monoisotopic (exact) mass is 926 g/mol. The summed E-state index contributed by atoms with van der Waals surface area (Å²) >= 11 is 14.2. The first kappa shape index (κ1) is 44.3. The molecule has 0 bridgehead atoms. The minimum atomic E-state index is -4.99. The molecule has 0 amide bonds. The molecule has 2 aromatic rings. The van der Waals surface area contributed by atoms with Crippen molar-refractivity contribution < 1.29 is 80.8 Å². The lowest BCUT2D eigenvalue weighted by Crippen LogP contribution is -2.24. The third-order valence-corrected chi connectivity index (χ3v) is 12.6. The molecule has 29 heteroatoms. The van der Waals surface area contributed by atoms with Gasteiger partial charge in [0.1, 0.15) is 36.7 Å². The van der Waals surface area contributed by atoms with E-state index in [9.17, 15) is 25.3 Å². The van der Waals surface area contributed by atoms with Crippen LogP contribution in [-0.4, -0.2) is 89.7 Å². The van der Waals surface area contributed by atoms with Crippen LogP contribution in [0.15, 0.2) is 43.5 Å². The van der Waals surface area contributed by atoms with Crippen LogP contribution in [0.1, 0.15) is 13.3 Å². The first-order chi connectivity index (χ1) is 26.6. The molecular weight excluding hydrogens is 900 g/mol. The Morgan fingerprint density at radius 3 is 2.25 bits per heavy atom. The Balaban J connectivity index is 1.64. The highest BCUT2D eigenvalue weighted by atomic mass is 35.5. The van der Waals surface area contributed by atoms with Crippen LogP contribution in [-0.2, 0) is 61.4 Å². The van der Waals surface area contributed by atoms with Gasteiger partial charge < -0.3 is 19.8 Å². The van der Waals surface area contributed by atoms with E-state index in [0.717, 1.165) is 0 Å². The predicted molar refractivity (Wildman–Crippen MR) is 198 cm³/mol. The highest BCUT2D eigenvalue weighted by molar-refractivity contribution is 7.92. The topological polar surface area (TPSA) is 299 Å². The molecule has 2 aliphatic heterocycles. The number of fused-ring (bicyclic) bond motifs is 4. The van der Waals surface area contributed by atoms with Crippen molar-refractivity contribution in [2.45, 2.75) is 23.1 Å². The van der Waals surface area contributed by atoms with Gasteiger partial charge in [0.25, 0.3) is 0 Å². The second-order valence-corrected chi connectivity index (χ2v) is 17.7. The smallest absolute Gasteiger partial charge is 0.397 e. The molecule has 0 fully saturated rings. The molecule has 5 rings (SSSR count). The number of ether oxygens (including phenoxy) is 1. The Kier molecular flexibility index (Phi) is 15.3. The molecule has 2 aromatic carbocycles. The highest BCUT2D eigenvalue weighted by Gasteiger charge is 2.35. The predicted octanol–water partition coefficient (Wildman–Crippen LogP) is 5.18. The van der Waals surface area contributed by atoms with Gasteiger partial charge in [-0.15, -0.1) is 8.67 Å². The first-order valence-electron chi connectivity index (χ1n) is 15.4. The lowest BCUT2D eigenvalue weighted by molar-refractivity contribution is -0.434. The highest BCUT2D eigenvalue weighted by Crippen LogP contribution is 2.55. The number of hydrogen-bond donors (Lipinski definition) is 5. The van der Waals surface area contributed by atoms with Gasteiger partial charge in [0, 0.05) is 6.54 Å². The average Bonchev–Trinajstić information content (AvgIpc) is 3.15. The molecule has 0 spiro atoms. The quantitative estimate of drug-likeness (QED) is 0.0158. The molecular formula is C27H28Cl2N4O18S5. The van der Waals surface area contributed by atoms with E-state index in [0.29, 0.717) is 13.0 Å². The number of halogens is 2. The minimum Gasteiger partial charge on any atom is -0.450 e. The Morgan fingerprint density at radius 2 is 1.57 bits per heavy atom. The summed E-state index contributed by atoms with van der Waals surface area (Å²) in [5, 5.41) is 28.8. The second kappa shape index (κ2) is 19.3. The Bertz CT molecular complexity index is 2440. The second-order valence-electron chi connectivity index (χ2n) is 10.8. The zero-order chi connectivity index (χ0) is 40.7. The molecule has 0 saturated heterocycles. The molecule has 5 N–H and O–H groups in total. The van der Waals surface area contributed by atoms with Crippen molar-refractivity contribution in [1.82, 2.24) is 4.98 Å². The normalized spacial score (nSPS) is 13.4. The van der Waals surface area contributed by atoms with E-state index in [2.05, 4.69) is 43.5 Å². The minimum absolute atomic E-state index is 0.00408. The Morgan fingerprint density at radius 1 is 0.893 bits per heavy atom. The fourth-order valence-corrected chi connectivity index (χ4v) is 9.30. The van der Waals surface area contributed by atoms with Crippen molar-refractivity contribution in [1.29, 1.82) is 0 Å². The molecule has 0 aromatic heterocycles. The molecule has 22 nitrogen and oxygen atoms in total. The van der Waals surface area contributed by atoms with Crippen LogP contribution >= 0.6 is 47.8 Å². The van der Waals surface area contributed by atoms with Crippen LogP contribution in [0, 0.1) is 0 Å². The van der Waals surface area contributed by atoms with E-state index in [1.165, 1.54) is 24.3 Å². The number of rotatable bonds is 21. The van der Waals surface area contributed by atoms with Gasteiger partial charge in [-0.2, -0.15) is 8.42 Å². The summed E-state index contributed by atoms with van der Waals surface area (Å²) in [7, 11) is -13.7. The zero-order valence-electron chi connectivity index (χ0n) is 28.1. The number of nitrogens with one attached hydrogen (secondary N) is 2. The fourth-order valence-electron chi connectivity index (χ4n) is 5.05. The van der Waals surface area contributed by atoms with Gasteiger partial charge in [-0.1, -0.05) is 40.2 Å². The largest absolute Gasteiger partial charge is 0.450 e. The average molecular weight is 928 g/mol. The van der Waals surface area contributed by atoms with Crippen molar-refractivity contribution in [3.63, 3.8) is 0 Å². The summed E-state index contributed by atoms with van der Waals surface area (Å²) in [6, 6.07) is 5.64. The van der Waals surface area contributed by atoms with Crippen LogP contribution in [0.25, 0.3) is 22.6 Å². The van der Waals surface area contributed by atoms with Gasteiger partial charge in [0.05, 0.1) is 54.6 Å². The fraction of sp³-hybridized carbons (Fsp3) is 0.333. The third-order valence-electron chi connectivity index (χ3n) is 7.23. The Hall–Kier alpha value is -2.81. The van der Waals surface area contributed by atoms with E-state index in [1.807, 2.05) is 6.92 Å². The van der Waals surface area contributed by atoms with Crippen molar-refractivity contribution in [2.75, 3.05) is 55.0 Å². The van der Waals surface area contributed by atoms with Crippen LogP contribution in [0.2, 0.25) is 10.0 Å². The zero-order valence-corrected chi connectivity index (χ0v) is 33.7. The molecule has 0 saturated carbocycles. The van der Waals surface area contributed by atoms with Crippen molar-refractivity contribution in [3.05, 3.63) is 39.7 Å². The van der Waals surface area contributed by atoms with Crippen LogP contribution in [0.4, 0.5) is 17.1 Å². The van der Waals surface area contributed by atoms with Gasteiger partial charge in [0.15, 0.2) is 67.2 Å². The number of nitrogens with zero attached hydrogens (tertiary/aromatic N) is 2. The molecule has 2 heterocycles. The molecule has 56 heavy (non-hydrogen) atoms. The number of hydrogen-bond acceptors (Lipinski definition) is 23. The first-order valence-corrected chi connectivity index (χ1v) is 22.1. The molecule has 0 atom stereocenters. The summed E-state index contributed by atoms with van der Waals surface area (Å²) in [6.07, 6.45) is 0.647. The van der Waals surface area contributed by atoms with Gasteiger partial charge in [-0.05, 0) is 30.7 Å². The standard InChI is InChI=1S/C27H28Cl2N4O18S5/c1-2-7-30-16-5-3-14-22(26(16)54(36,37)12-10-44-53-51-49-35)46-24-18(28)21-25(19(29)20(24)32-14)47-23-15(33-21)4-6-17(31-8-9-43-52-50-48-34)27(23)55(38,39)13-11-45-56(40,41)42/h3-6,30,32,34-35H,2,7-13H2,1H3,(H,40,41,42). The molecule has 3 aliphatic rings. The number of benzene rings is 3. The lowest BCUT2D eigenvalue weighted by Gasteiger charge is -2.27.